The first-order chi connectivity index (χ1) is 7.54. The van der Waals surface area contributed by atoms with E-state index in [4.69, 9.17) is 21.8 Å². The van der Waals surface area contributed by atoms with Crippen LogP contribution in [0.4, 0.5) is 0 Å². The number of halogens is 1. The number of para-hydroxylation sites is 1. The molecule has 0 unspecified atom stereocenters. The third-order valence-electron chi connectivity index (χ3n) is 2.93. The summed E-state index contributed by atoms with van der Waals surface area (Å²) < 4.78 is 5.83. The Balaban J connectivity index is 2.51. The summed E-state index contributed by atoms with van der Waals surface area (Å²) in [7, 11) is 0. The predicted molar refractivity (Wildman–Crippen MR) is 67.9 cm³/mol. The largest absolute Gasteiger partial charge is 0.459 e. The number of furan rings is 1. The van der Waals surface area contributed by atoms with Gasteiger partial charge in [0.1, 0.15) is 5.76 Å². The second-order valence-corrected chi connectivity index (χ2v) is 5.10. The van der Waals surface area contributed by atoms with Crippen molar-refractivity contribution in [3.8, 4) is 0 Å². The Morgan fingerprint density at radius 1 is 1.38 bits per heavy atom. The predicted octanol–water partition coefficient (Wildman–Crippen LogP) is 3.71. The summed E-state index contributed by atoms with van der Waals surface area (Å²) >= 11 is 6.08. The van der Waals surface area contributed by atoms with Crippen molar-refractivity contribution in [1.29, 1.82) is 0 Å². The monoisotopic (exact) mass is 237 g/mol. The zero-order chi connectivity index (χ0) is 11.8. The normalized spacial score (nSPS) is 12.2. The van der Waals surface area contributed by atoms with Crippen molar-refractivity contribution < 1.29 is 4.42 Å². The van der Waals surface area contributed by atoms with Gasteiger partial charge in [-0.05, 0) is 25.1 Å². The summed E-state index contributed by atoms with van der Waals surface area (Å²) in [6.45, 7) is 4.91. The Bertz CT molecular complexity index is 502. The van der Waals surface area contributed by atoms with E-state index in [-0.39, 0.29) is 5.41 Å². The maximum atomic E-state index is 6.08. The standard InChI is InChI=1S/C13H16ClNO/c1-13(2,6-7-15)11-8-9-4-3-5-10(14)12(9)16-11/h3-5,8H,6-7,15H2,1-2H3. The number of fused-ring (bicyclic) bond motifs is 1. The zero-order valence-corrected chi connectivity index (χ0v) is 10.3. The lowest BCUT2D eigenvalue weighted by molar-refractivity contribution is 0.383. The van der Waals surface area contributed by atoms with E-state index < -0.39 is 0 Å². The van der Waals surface area contributed by atoms with Gasteiger partial charge in [0, 0.05) is 10.8 Å². The van der Waals surface area contributed by atoms with Gasteiger partial charge in [0.05, 0.1) is 5.02 Å². The zero-order valence-electron chi connectivity index (χ0n) is 9.59. The van der Waals surface area contributed by atoms with Gasteiger partial charge in [-0.3, -0.25) is 0 Å². The van der Waals surface area contributed by atoms with Crippen LogP contribution < -0.4 is 5.73 Å². The number of nitrogens with two attached hydrogens (primary N) is 1. The van der Waals surface area contributed by atoms with E-state index >= 15 is 0 Å². The first-order valence-corrected chi connectivity index (χ1v) is 5.81. The van der Waals surface area contributed by atoms with Crippen molar-refractivity contribution in [2.45, 2.75) is 25.7 Å². The highest BCUT2D eigenvalue weighted by molar-refractivity contribution is 6.34. The highest BCUT2D eigenvalue weighted by Gasteiger charge is 2.24. The molecule has 16 heavy (non-hydrogen) atoms. The van der Waals surface area contributed by atoms with Gasteiger partial charge in [0.15, 0.2) is 5.58 Å². The Kier molecular flexibility index (Phi) is 2.96. The molecule has 2 nitrogen and oxygen atoms in total. The summed E-state index contributed by atoms with van der Waals surface area (Å²) in [5, 5.41) is 1.71. The average molecular weight is 238 g/mol. The first-order valence-electron chi connectivity index (χ1n) is 5.43. The van der Waals surface area contributed by atoms with E-state index in [1.54, 1.807) is 0 Å². The molecule has 0 bridgehead atoms. The van der Waals surface area contributed by atoms with Crippen LogP contribution in [0.5, 0.6) is 0 Å². The van der Waals surface area contributed by atoms with Gasteiger partial charge in [-0.25, -0.2) is 0 Å². The van der Waals surface area contributed by atoms with Gasteiger partial charge in [-0.1, -0.05) is 37.6 Å². The van der Waals surface area contributed by atoms with E-state index in [0.29, 0.717) is 11.6 Å². The molecular weight excluding hydrogens is 222 g/mol. The van der Waals surface area contributed by atoms with E-state index in [9.17, 15) is 0 Å². The molecule has 1 aromatic heterocycles. The summed E-state index contributed by atoms with van der Waals surface area (Å²) in [6, 6.07) is 7.83. The molecule has 0 atom stereocenters. The lowest BCUT2D eigenvalue weighted by atomic mass is 9.86. The molecule has 0 aliphatic heterocycles. The number of benzene rings is 1. The fraction of sp³-hybridized carbons (Fsp3) is 0.385. The first kappa shape index (κ1) is 11.5. The van der Waals surface area contributed by atoms with Gasteiger partial charge >= 0.3 is 0 Å². The summed E-state index contributed by atoms with van der Waals surface area (Å²) in [5.41, 5.74) is 6.33. The molecule has 0 radical (unpaired) electrons. The molecule has 0 fully saturated rings. The van der Waals surface area contributed by atoms with Gasteiger partial charge in [0.2, 0.25) is 0 Å². The minimum absolute atomic E-state index is 0.0445. The Hall–Kier alpha value is -0.990. The van der Waals surface area contributed by atoms with Crippen molar-refractivity contribution in [1.82, 2.24) is 0 Å². The number of rotatable bonds is 3. The van der Waals surface area contributed by atoms with Crippen molar-refractivity contribution in [2.75, 3.05) is 6.54 Å². The van der Waals surface area contributed by atoms with Crippen molar-refractivity contribution in [2.24, 2.45) is 5.73 Å². The molecule has 0 saturated carbocycles. The summed E-state index contributed by atoms with van der Waals surface area (Å²) in [6.07, 6.45) is 0.893. The quantitative estimate of drug-likeness (QED) is 0.884. The molecule has 0 saturated heterocycles. The average Bonchev–Trinajstić information content (AvgIpc) is 2.63. The minimum atomic E-state index is -0.0445. The molecule has 1 heterocycles. The topological polar surface area (TPSA) is 39.2 Å². The molecule has 3 heteroatoms. The molecule has 0 aliphatic carbocycles. The molecule has 2 N–H and O–H groups in total. The molecule has 0 amide bonds. The molecule has 0 spiro atoms. The highest BCUT2D eigenvalue weighted by Crippen LogP contribution is 2.34. The lowest BCUT2D eigenvalue weighted by Gasteiger charge is -2.20. The molecule has 2 aromatic rings. The molecule has 0 aliphatic rings. The van der Waals surface area contributed by atoms with E-state index in [2.05, 4.69) is 19.9 Å². The van der Waals surface area contributed by atoms with Crippen LogP contribution in [0.25, 0.3) is 11.0 Å². The van der Waals surface area contributed by atoms with Crippen LogP contribution in [-0.2, 0) is 5.41 Å². The SMILES string of the molecule is CC(C)(CCN)c1cc2cccc(Cl)c2o1. The van der Waals surface area contributed by atoms with Crippen LogP contribution in [0.3, 0.4) is 0 Å². The number of hydrogen-bond donors (Lipinski definition) is 1. The molecular formula is C13H16ClNO. The minimum Gasteiger partial charge on any atom is -0.459 e. The Morgan fingerprint density at radius 3 is 2.75 bits per heavy atom. The third-order valence-corrected chi connectivity index (χ3v) is 3.23. The fourth-order valence-corrected chi connectivity index (χ4v) is 2.07. The highest BCUT2D eigenvalue weighted by atomic mass is 35.5. The van der Waals surface area contributed by atoms with Crippen LogP contribution >= 0.6 is 11.6 Å². The van der Waals surface area contributed by atoms with Crippen molar-refractivity contribution in [3.05, 3.63) is 35.0 Å². The van der Waals surface area contributed by atoms with E-state index in [1.165, 1.54) is 0 Å². The fourth-order valence-electron chi connectivity index (χ4n) is 1.85. The Labute approximate surface area is 100 Å². The van der Waals surface area contributed by atoms with Crippen LogP contribution in [0.15, 0.2) is 28.7 Å². The number of hydrogen-bond acceptors (Lipinski definition) is 2. The molecule has 1 aromatic carbocycles. The van der Waals surface area contributed by atoms with Crippen LogP contribution in [-0.4, -0.2) is 6.54 Å². The van der Waals surface area contributed by atoms with Gasteiger partial charge in [-0.15, -0.1) is 0 Å². The van der Waals surface area contributed by atoms with Crippen LogP contribution in [0.1, 0.15) is 26.0 Å². The van der Waals surface area contributed by atoms with Gasteiger partial charge in [0.25, 0.3) is 0 Å². The maximum absolute atomic E-state index is 6.08. The second-order valence-electron chi connectivity index (χ2n) is 4.69. The molecule has 2 rings (SSSR count). The smallest absolute Gasteiger partial charge is 0.152 e. The Morgan fingerprint density at radius 2 is 2.12 bits per heavy atom. The van der Waals surface area contributed by atoms with Crippen LogP contribution in [0.2, 0.25) is 5.02 Å². The van der Waals surface area contributed by atoms with Crippen LogP contribution in [0, 0.1) is 0 Å². The maximum Gasteiger partial charge on any atom is 0.152 e. The third kappa shape index (κ3) is 1.95. The summed E-state index contributed by atoms with van der Waals surface area (Å²) in [5.74, 6) is 0.945. The van der Waals surface area contributed by atoms with Crippen molar-refractivity contribution >= 4 is 22.6 Å². The second kappa shape index (κ2) is 4.11. The lowest BCUT2D eigenvalue weighted by Crippen LogP contribution is -2.20. The molecule has 86 valence electrons. The summed E-state index contributed by atoms with van der Waals surface area (Å²) in [4.78, 5) is 0. The van der Waals surface area contributed by atoms with Crippen molar-refractivity contribution in [3.63, 3.8) is 0 Å². The van der Waals surface area contributed by atoms with Gasteiger partial charge < -0.3 is 10.2 Å². The van der Waals surface area contributed by atoms with E-state index in [0.717, 1.165) is 23.2 Å². The van der Waals surface area contributed by atoms with E-state index in [1.807, 2.05) is 18.2 Å². The van der Waals surface area contributed by atoms with Gasteiger partial charge in [-0.2, -0.15) is 0 Å².